The number of rotatable bonds is 9. The molecule has 0 bridgehead atoms. The molecule has 0 aromatic heterocycles. The molecule has 2 heterocycles. The van der Waals surface area contributed by atoms with Gasteiger partial charge in [0.1, 0.15) is 17.3 Å². The van der Waals surface area contributed by atoms with Crippen molar-refractivity contribution in [3.05, 3.63) is 53.1 Å². The summed E-state index contributed by atoms with van der Waals surface area (Å²) in [6.45, 7) is 2.29. The summed E-state index contributed by atoms with van der Waals surface area (Å²) in [5.74, 6) is 0.0368. The van der Waals surface area contributed by atoms with E-state index in [1.54, 1.807) is 12.1 Å². The highest BCUT2D eigenvalue weighted by Gasteiger charge is 2.28. The van der Waals surface area contributed by atoms with Crippen molar-refractivity contribution in [3.63, 3.8) is 0 Å². The maximum absolute atomic E-state index is 13.2. The largest absolute Gasteiger partial charge is 0.492 e. The highest BCUT2D eigenvalue weighted by Crippen LogP contribution is 2.28. The molecule has 4 rings (SSSR count). The van der Waals surface area contributed by atoms with Crippen molar-refractivity contribution in [2.75, 3.05) is 39.3 Å². The minimum atomic E-state index is -3.80. The lowest BCUT2D eigenvalue weighted by atomic mass is 10.2. The lowest BCUT2D eigenvalue weighted by molar-refractivity contribution is 0.0946. The summed E-state index contributed by atoms with van der Waals surface area (Å²) in [7, 11) is -7.31. The van der Waals surface area contributed by atoms with Gasteiger partial charge in [-0.1, -0.05) is 30.9 Å². The van der Waals surface area contributed by atoms with Crippen LogP contribution in [-0.4, -0.2) is 70.7 Å². The van der Waals surface area contributed by atoms with Crippen molar-refractivity contribution >= 4 is 37.6 Å². The first kappa shape index (κ1) is 28.8. The van der Waals surface area contributed by atoms with E-state index in [-0.39, 0.29) is 33.5 Å². The Morgan fingerprint density at radius 1 is 0.789 bits per heavy atom. The minimum Gasteiger partial charge on any atom is -0.492 e. The molecule has 12 heteroatoms. The molecule has 2 aromatic carbocycles. The molecular formula is C26H34ClN3O6S2. The summed E-state index contributed by atoms with van der Waals surface area (Å²) in [6.07, 6.45) is 6.38. The smallest absolute Gasteiger partial charge is 0.251 e. The second-order valence-electron chi connectivity index (χ2n) is 9.50. The van der Waals surface area contributed by atoms with Crippen LogP contribution in [0.4, 0.5) is 0 Å². The summed E-state index contributed by atoms with van der Waals surface area (Å²) < 4.78 is 60.5. The fraction of sp³-hybridized carbons (Fsp3) is 0.500. The molecule has 0 unspecified atom stereocenters. The van der Waals surface area contributed by atoms with Crippen molar-refractivity contribution in [1.82, 2.24) is 13.9 Å². The second-order valence-corrected chi connectivity index (χ2v) is 13.8. The number of piperidine rings is 1. The van der Waals surface area contributed by atoms with Gasteiger partial charge in [0.05, 0.1) is 16.5 Å². The number of carbonyl (C=O) groups is 1. The van der Waals surface area contributed by atoms with Gasteiger partial charge in [0.2, 0.25) is 20.0 Å². The Morgan fingerprint density at radius 2 is 1.34 bits per heavy atom. The third-order valence-electron chi connectivity index (χ3n) is 6.81. The van der Waals surface area contributed by atoms with Crippen LogP contribution >= 0.6 is 11.6 Å². The fourth-order valence-electron chi connectivity index (χ4n) is 4.66. The zero-order valence-electron chi connectivity index (χ0n) is 21.3. The minimum absolute atomic E-state index is 0.0652. The summed E-state index contributed by atoms with van der Waals surface area (Å²) in [4.78, 5) is 12.9. The molecule has 2 aliphatic rings. The third kappa shape index (κ3) is 6.87. The van der Waals surface area contributed by atoms with E-state index in [2.05, 4.69) is 5.32 Å². The SMILES string of the molecule is O=C(NCCOc1ccc(S(=O)(=O)N2CCCCC2)cc1)c1ccc(Cl)c(S(=O)(=O)N2CCCCCC2)c1. The Labute approximate surface area is 230 Å². The van der Waals surface area contributed by atoms with E-state index < -0.39 is 26.0 Å². The van der Waals surface area contributed by atoms with Crippen LogP contribution in [0.2, 0.25) is 5.02 Å². The van der Waals surface area contributed by atoms with Crippen molar-refractivity contribution in [2.45, 2.75) is 54.7 Å². The summed E-state index contributed by atoms with van der Waals surface area (Å²) in [5.41, 5.74) is 0.190. The van der Waals surface area contributed by atoms with Crippen LogP contribution in [0.3, 0.4) is 0 Å². The molecule has 2 saturated heterocycles. The van der Waals surface area contributed by atoms with Gasteiger partial charge in [-0.05, 0) is 68.1 Å². The van der Waals surface area contributed by atoms with Crippen molar-refractivity contribution < 1.29 is 26.4 Å². The van der Waals surface area contributed by atoms with Crippen LogP contribution < -0.4 is 10.1 Å². The lowest BCUT2D eigenvalue weighted by Gasteiger charge is -2.25. The molecule has 0 radical (unpaired) electrons. The molecular weight excluding hydrogens is 550 g/mol. The monoisotopic (exact) mass is 583 g/mol. The first-order valence-corrected chi connectivity index (χ1v) is 16.3. The number of amides is 1. The zero-order chi connectivity index (χ0) is 27.2. The molecule has 0 spiro atoms. The number of hydrogen-bond acceptors (Lipinski definition) is 6. The number of hydrogen-bond donors (Lipinski definition) is 1. The van der Waals surface area contributed by atoms with Crippen LogP contribution in [-0.2, 0) is 20.0 Å². The van der Waals surface area contributed by atoms with E-state index in [0.29, 0.717) is 31.9 Å². The number of nitrogens with one attached hydrogen (secondary N) is 1. The normalized spacial score (nSPS) is 18.0. The topological polar surface area (TPSA) is 113 Å². The van der Waals surface area contributed by atoms with E-state index in [4.69, 9.17) is 16.3 Å². The van der Waals surface area contributed by atoms with Crippen LogP contribution in [0, 0.1) is 0 Å². The molecule has 2 aliphatic heterocycles. The van der Waals surface area contributed by atoms with Gasteiger partial charge in [0.25, 0.3) is 5.91 Å². The van der Waals surface area contributed by atoms with Crippen LogP contribution in [0.5, 0.6) is 5.75 Å². The summed E-state index contributed by atoms with van der Waals surface area (Å²) in [5, 5.41) is 2.80. The molecule has 208 valence electrons. The Kier molecular flexibility index (Phi) is 9.69. The molecule has 0 saturated carbocycles. The number of nitrogens with zero attached hydrogens (tertiary/aromatic N) is 2. The van der Waals surface area contributed by atoms with Crippen LogP contribution in [0.1, 0.15) is 55.3 Å². The average molecular weight is 584 g/mol. The van der Waals surface area contributed by atoms with Crippen molar-refractivity contribution in [3.8, 4) is 5.75 Å². The Morgan fingerprint density at radius 3 is 1.95 bits per heavy atom. The molecule has 2 fully saturated rings. The van der Waals surface area contributed by atoms with Gasteiger partial charge in [-0.3, -0.25) is 4.79 Å². The summed E-state index contributed by atoms with van der Waals surface area (Å²) >= 11 is 6.23. The predicted octanol–water partition coefficient (Wildman–Crippen LogP) is 3.89. The van der Waals surface area contributed by atoms with E-state index in [1.165, 1.54) is 38.9 Å². The van der Waals surface area contributed by atoms with E-state index >= 15 is 0 Å². The molecule has 2 aromatic rings. The average Bonchev–Trinajstić information content (AvgIpc) is 3.22. The highest BCUT2D eigenvalue weighted by molar-refractivity contribution is 7.89. The van der Waals surface area contributed by atoms with Gasteiger partial charge in [-0.15, -0.1) is 0 Å². The Bertz CT molecular complexity index is 1320. The van der Waals surface area contributed by atoms with Crippen molar-refractivity contribution in [1.29, 1.82) is 0 Å². The number of halogens is 1. The van der Waals surface area contributed by atoms with E-state index in [1.807, 2.05) is 0 Å². The van der Waals surface area contributed by atoms with E-state index in [0.717, 1.165) is 44.9 Å². The first-order valence-electron chi connectivity index (χ1n) is 13.0. The van der Waals surface area contributed by atoms with Gasteiger partial charge in [-0.2, -0.15) is 8.61 Å². The predicted molar refractivity (Wildman–Crippen MR) is 146 cm³/mol. The molecule has 38 heavy (non-hydrogen) atoms. The lowest BCUT2D eigenvalue weighted by Crippen LogP contribution is -2.35. The van der Waals surface area contributed by atoms with Gasteiger partial charge in [0, 0.05) is 31.7 Å². The number of sulfonamides is 2. The highest BCUT2D eigenvalue weighted by atomic mass is 35.5. The van der Waals surface area contributed by atoms with Crippen molar-refractivity contribution in [2.24, 2.45) is 0 Å². The molecule has 1 amide bonds. The molecule has 1 N–H and O–H groups in total. The van der Waals surface area contributed by atoms with Gasteiger partial charge in [-0.25, -0.2) is 16.8 Å². The molecule has 0 atom stereocenters. The van der Waals surface area contributed by atoms with Gasteiger partial charge >= 0.3 is 0 Å². The summed E-state index contributed by atoms with van der Waals surface area (Å²) in [6, 6.07) is 10.5. The Hall–Kier alpha value is -2.18. The number of benzene rings is 2. The third-order valence-corrected chi connectivity index (χ3v) is 11.1. The maximum Gasteiger partial charge on any atom is 0.251 e. The van der Waals surface area contributed by atoms with Gasteiger partial charge < -0.3 is 10.1 Å². The van der Waals surface area contributed by atoms with Crippen LogP contribution in [0.15, 0.2) is 52.3 Å². The number of ether oxygens (including phenoxy) is 1. The fourth-order valence-corrected chi connectivity index (χ4v) is 8.20. The van der Waals surface area contributed by atoms with Gasteiger partial charge in [0.15, 0.2) is 0 Å². The number of carbonyl (C=O) groups excluding carboxylic acids is 1. The van der Waals surface area contributed by atoms with E-state index in [9.17, 15) is 21.6 Å². The Balaban J connectivity index is 1.31. The standard InChI is InChI=1S/C26H34ClN3O6S2/c27-24-13-8-21(20-25(24)38(34,35)30-17-4-1-2-5-18-30)26(31)28-14-19-36-22-9-11-23(12-10-22)37(32,33)29-15-6-3-7-16-29/h8-13,20H,1-7,14-19H2,(H,28,31). The second kappa shape index (κ2) is 12.8. The zero-order valence-corrected chi connectivity index (χ0v) is 23.7. The quantitative estimate of drug-likeness (QED) is 0.448. The molecule has 0 aliphatic carbocycles. The maximum atomic E-state index is 13.2. The first-order chi connectivity index (χ1) is 18.2. The molecule has 9 nitrogen and oxygen atoms in total. The van der Waals surface area contributed by atoms with Crippen LogP contribution in [0.25, 0.3) is 0 Å².